The predicted octanol–water partition coefficient (Wildman–Crippen LogP) is 6.70. The van der Waals surface area contributed by atoms with Crippen molar-refractivity contribution in [3.63, 3.8) is 0 Å². The molecule has 20 heavy (non-hydrogen) atoms. The first-order chi connectivity index (χ1) is 9.65. The van der Waals surface area contributed by atoms with E-state index >= 15 is 0 Å². The van der Waals surface area contributed by atoms with Crippen LogP contribution in [-0.2, 0) is 0 Å². The minimum Gasteiger partial charge on any atom is -0.330 e. The number of hydrogen-bond donors (Lipinski definition) is 1. The largest absolute Gasteiger partial charge is 0.330 e. The van der Waals surface area contributed by atoms with E-state index in [0.29, 0.717) is 0 Å². The Bertz CT molecular complexity index is 126. The van der Waals surface area contributed by atoms with Gasteiger partial charge >= 0.3 is 0 Å². The second-order valence-corrected chi connectivity index (χ2v) is 6.76. The quantitative estimate of drug-likeness (QED) is 0.374. The molecule has 0 unspecified atom stereocenters. The predicted molar refractivity (Wildman–Crippen MR) is 95.3 cm³/mol. The Morgan fingerprint density at radius 3 is 1.05 bits per heavy atom. The smallest absolute Gasteiger partial charge is 0.00773 e. The monoisotopic (exact) mass is 285 g/mol. The van der Waals surface area contributed by atoms with Gasteiger partial charge in [-0.3, -0.25) is 0 Å². The lowest BCUT2D eigenvalue weighted by molar-refractivity contribution is 0.540. The molecule has 0 amide bonds. The highest BCUT2D eigenvalue weighted by molar-refractivity contribution is 4.48. The third-order valence-corrected chi connectivity index (χ3v) is 3.31. The van der Waals surface area contributed by atoms with Crippen molar-refractivity contribution in [1.29, 1.82) is 0 Å². The molecule has 0 aromatic rings. The summed E-state index contributed by atoms with van der Waals surface area (Å²) in [5, 5.41) is 0. The van der Waals surface area contributed by atoms with Gasteiger partial charge in [0.25, 0.3) is 0 Å². The summed E-state index contributed by atoms with van der Waals surface area (Å²) in [6.45, 7) is 9.66. The van der Waals surface area contributed by atoms with Crippen LogP contribution in [0.2, 0.25) is 0 Å². The van der Waals surface area contributed by atoms with Crippen molar-refractivity contribution in [2.45, 2.75) is 111 Å². The molecule has 0 atom stereocenters. The van der Waals surface area contributed by atoms with Crippen LogP contribution in [0.25, 0.3) is 0 Å². The molecule has 124 valence electrons. The van der Waals surface area contributed by atoms with E-state index in [9.17, 15) is 0 Å². The molecule has 0 bridgehead atoms. The molecule has 0 aliphatic heterocycles. The molecule has 0 radical (unpaired) electrons. The van der Waals surface area contributed by atoms with Gasteiger partial charge in [0, 0.05) is 0 Å². The number of nitrogens with two attached hydrogens (primary N) is 1. The number of unbranched alkanes of at least 4 members (excludes halogenated alkanes) is 12. The summed E-state index contributed by atoms with van der Waals surface area (Å²) >= 11 is 0. The summed E-state index contributed by atoms with van der Waals surface area (Å²) in [5.74, 6) is 0.833. The van der Waals surface area contributed by atoms with E-state index in [1.807, 2.05) is 0 Å². The molecule has 1 nitrogen and oxygen atoms in total. The van der Waals surface area contributed by atoms with Crippen LogP contribution in [0.4, 0.5) is 0 Å². The van der Waals surface area contributed by atoms with Crippen LogP contribution in [-0.4, -0.2) is 6.54 Å². The maximum absolute atomic E-state index is 5.46. The van der Waals surface area contributed by atoms with Crippen molar-refractivity contribution >= 4 is 0 Å². The first-order valence-electron chi connectivity index (χ1n) is 9.35. The Hall–Kier alpha value is -0.0400. The van der Waals surface area contributed by atoms with Gasteiger partial charge < -0.3 is 5.73 Å². The summed E-state index contributed by atoms with van der Waals surface area (Å²) in [6, 6.07) is 0. The molecule has 0 saturated carbocycles. The van der Waals surface area contributed by atoms with Gasteiger partial charge in [-0.1, -0.05) is 105 Å². The van der Waals surface area contributed by atoms with Gasteiger partial charge in [-0.15, -0.1) is 0 Å². The van der Waals surface area contributed by atoms with Gasteiger partial charge in [-0.05, 0) is 18.9 Å². The Morgan fingerprint density at radius 1 is 0.550 bits per heavy atom. The lowest BCUT2D eigenvalue weighted by atomic mass is 10.0. The SMILES string of the molecule is CC(C)C.CCCCCCCCCCCCCCCN. The zero-order valence-corrected chi connectivity index (χ0v) is 15.1. The molecule has 0 spiro atoms. The average Bonchev–Trinajstić information content (AvgIpc) is 2.39. The number of rotatable bonds is 13. The first-order valence-corrected chi connectivity index (χ1v) is 9.35. The van der Waals surface area contributed by atoms with Crippen molar-refractivity contribution in [2.75, 3.05) is 6.54 Å². The van der Waals surface area contributed by atoms with E-state index < -0.39 is 0 Å². The van der Waals surface area contributed by atoms with Gasteiger partial charge in [-0.25, -0.2) is 0 Å². The van der Waals surface area contributed by atoms with Gasteiger partial charge in [-0.2, -0.15) is 0 Å². The summed E-state index contributed by atoms with van der Waals surface area (Å²) in [4.78, 5) is 0. The highest BCUT2D eigenvalue weighted by Gasteiger charge is 1.92. The van der Waals surface area contributed by atoms with Crippen LogP contribution < -0.4 is 5.73 Å². The normalized spacial score (nSPS) is 10.5. The van der Waals surface area contributed by atoms with Gasteiger partial charge in [0.2, 0.25) is 0 Å². The van der Waals surface area contributed by atoms with Crippen LogP contribution in [0.3, 0.4) is 0 Å². The molecule has 0 heterocycles. The molecule has 0 aromatic carbocycles. The van der Waals surface area contributed by atoms with Crippen LogP contribution in [0, 0.1) is 5.92 Å². The van der Waals surface area contributed by atoms with E-state index in [4.69, 9.17) is 5.73 Å². The van der Waals surface area contributed by atoms with E-state index in [-0.39, 0.29) is 0 Å². The highest BCUT2D eigenvalue weighted by Crippen LogP contribution is 2.12. The number of hydrogen-bond acceptors (Lipinski definition) is 1. The van der Waals surface area contributed by atoms with Crippen molar-refractivity contribution in [1.82, 2.24) is 0 Å². The van der Waals surface area contributed by atoms with Crippen molar-refractivity contribution < 1.29 is 0 Å². The maximum atomic E-state index is 5.46. The van der Waals surface area contributed by atoms with Crippen LogP contribution in [0.15, 0.2) is 0 Å². The zero-order chi connectivity index (χ0) is 15.5. The third kappa shape index (κ3) is 30.8. The molecule has 0 aromatic heterocycles. The molecule has 0 saturated heterocycles. The topological polar surface area (TPSA) is 26.0 Å². The van der Waals surface area contributed by atoms with Crippen molar-refractivity contribution in [3.05, 3.63) is 0 Å². The van der Waals surface area contributed by atoms with Crippen LogP contribution >= 0.6 is 0 Å². The fraction of sp³-hybridized carbons (Fsp3) is 1.00. The summed E-state index contributed by atoms with van der Waals surface area (Å²) in [7, 11) is 0. The molecule has 1 heteroatoms. The van der Waals surface area contributed by atoms with E-state index in [0.717, 1.165) is 12.5 Å². The zero-order valence-electron chi connectivity index (χ0n) is 15.1. The summed E-state index contributed by atoms with van der Waals surface area (Å²) in [5.41, 5.74) is 5.46. The Labute approximate surface area is 130 Å². The second kappa shape index (κ2) is 21.3. The molecule has 0 aliphatic rings. The van der Waals surface area contributed by atoms with Crippen LogP contribution in [0.1, 0.15) is 111 Å². The standard InChI is InChI=1S/C15H33N.C4H10/c1-2-3-4-5-6-7-8-9-10-11-12-13-14-15-16;1-4(2)3/h2-16H2,1H3;4H,1-3H3. The fourth-order valence-electron chi connectivity index (χ4n) is 2.16. The Morgan fingerprint density at radius 2 is 0.800 bits per heavy atom. The lowest BCUT2D eigenvalue weighted by Gasteiger charge is -2.02. The first kappa shape index (κ1) is 22.2. The summed E-state index contributed by atoms with van der Waals surface area (Å²) < 4.78 is 0. The van der Waals surface area contributed by atoms with E-state index in [2.05, 4.69) is 27.7 Å². The third-order valence-electron chi connectivity index (χ3n) is 3.31. The molecular weight excluding hydrogens is 242 g/mol. The molecule has 0 rings (SSSR count). The van der Waals surface area contributed by atoms with Gasteiger partial charge in [0.05, 0.1) is 0 Å². The van der Waals surface area contributed by atoms with Gasteiger partial charge in [0.1, 0.15) is 0 Å². The maximum Gasteiger partial charge on any atom is -0.00773 e. The minimum atomic E-state index is 0.833. The summed E-state index contributed by atoms with van der Waals surface area (Å²) in [6.07, 6.45) is 18.4. The lowest BCUT2D eigenvalue weighted by Crippen LogP contribution is -1.97. The van der Waals surface area contributed by atoms with Gasteiger partial charge in [0.15, 0.2) is 0 Å². The minimum absolute atomic E-state index is 0.833. The second-order valence-electron chi connectivity index (χ2n) is 6.76. The molecule has 0 fully saturated rings. The van der Waals surface area contributed by atoms with E-state index in [1.165, 1.54) is 83.5 Å². The molecule has 2 N–H and O–H groups in total. The molecule has 0 aliphatic carbocycles. The molecular formula is C19H43N. The van der Waals surface area contributed by atoms with Crippen molar-refractivity contribution in [2.24, 2.45) is 11.7 Å². The van der Waals surface area contributed by atoms with Crippen molar-refractivity contribution in [3.8, 4) is 0 Å². The van der Waals surface area contributed by atoms with Crippen LogP contribution in [0.5, 0.6) is 0 Å². The average molecular weight is 286 g/mol. The van der Waals surface area contributed by atoms with E-state index in [1.54, 1.807) is 0 Å². The Kier molecular flexibility index (Phi) is 23.6. The fourth-order valence-corrected chi connectivity index (χ4v) is 2.16. The Balaban J connectivity index is 0. The highest BCUT2D eigenvalue weighted by atomic mass is 14.5.